The number of aryl methyl sites for hydroxylation is 1. The molecule has 1 aromatic carbocycles. The van der Waals surface area contributed by atoms with Crippen molar-refractivity contribution in [2.24, 2.45) is 0 Å². The number of carbonyl (C=O) groups is 1. The maximum Gasteiger partial charge on any atom is 0.326 e. The minimum atomic E-state index is -0.374. The molecule has 0 aliphatic heterocycles. The maximum absolute atomic E-state index is 12.0. The first-order valence-corrected chi connectivity index (χ1v) is 7.40. The van der Waals surface area contributed by atoms with Gasteiger partial charge in [-0.3, -0.25) is 5.32 Å². The Morgan fingerprint density at radius 2 is 1.87 bits per heavy atom. The zero-order valence-corrected chi connectivity index (χ0v) is 13.6. The molecule has 0 unspecified atom stereocenters. The quantitative estimate of drug-likeness (QED) is 0.763. The Morgan fingerprint density at radius 1 is 1.13 bits per heavy atom. The van der Waals surface area contributed by atoms with Gasteiger partial charge in [-0.25, -0.2) is 9.78 Å². The van der Waals surface area contributed by atoms with Crippen molar-refractivity contribution in [2.45, 2.75) is 6.92 Å². The summed E-state index contributed by atoms with van der Waals surface area (Å²) in [5, 5.41) is 8.59. The number of benzene rings is 1. The number of hydrogen-bond acceptors (Lipinski definition) is 5. The molecule has 0 fully saturated rings. The van der Waals surface area contributed by atoms with Crippen molar-refractivity contribution in [3.63, 3.8) is 0 Å². The molecule has 7 nitrogen and oxygen atoms in total. The summed E-state index contributed by atoms with van der Waals surface area (Å²) in [4.78, 5) is 22.6. The fourth-order valence-electron chi connectivity index (χ4n) is 1.91. The first kappa shape index (κ1) is 16.7. The first-order chi connectivity index (χ1) is 11.0. The number of carbonyl (C=O) groups excluding carboxylic acids is 1. The molecular weight excluding hydrogens is 292 g/mol. The predicted octanol–water partition coefficient (Wildman–Crippen LogP) is 2.40. The van der Waals surface area contributed by atoms with Crippen molar-refractivity contribution in [3.05, 3.63) is 42.1 Å². The van der Waals surface area contributed by atoms with Gasteiger partial charge in [0.2, 0.25) is 5.95 Å². The molecule has 1 aromatic heterocycles. The number of anilines is 3. The highest BCUT2D eigenvalue weighted by molar-refractivity contribution is 5.98. The molecule has 23 heavy (non-hydrogen) atoms. The molecule has 0 spiro atoms. The van der Waals surface area contributed by atoms with Gasteiger partial charge in [-0.15, -0.1) is 0 Å². The largest absolute Gasteiger partial charge is 0.369 e. The molecule has 1 heterocycles. The van der Waals surface area contributed by atoms with Crippen LogP contribution in [0, 0.1) is 6.92 Å². The third-order valence-corrected chi connectivity index (χ3v) is 2.98. The van der Waals surface area contributed by atoms with E-state index in [4.69, 9.17) is 0 Å². The molecule has 3 N–H and O–H groups in total. The molecule has 122 valence electrons. The summed E-state index contributed by atoms with van der Waals surface area (Å²) >= 11 is 0. The van der Waals surface area contributed by atoms with Crippen molar-refractivity contribution in [3.8, 4) is 0 Å². The lowest BCUT2D eigenvalue weighted by molar-refractivity contribution is 0.262. The summed E-state index contributed by atoms with van der Waals surface area (Å²) in [5.74, 6) is 0.958. The number of likely N-dealkylation sites (N-methyl/N-ethyl adjacent to an activating group) is 1. The average molecular weight is 314 g/mol. The fourth-order valence-corrected chi connectivity index (χ4v) is 1.91. The summed E-state index contributed by atoms with van der Waals surface area (Å²) in [6.45, 7) is 3.51. The third-order valence-electron chi connectivity index (χ3n) is 2.98. The predicted molar refractivity (Wildman–Crippen MR) is 92.9 cm³/mol. The van der Waals surface area contributed by atoms with Crippen LogP contribution in [-0.2, 0) is 0 Å². The number of nitrogens with zero attached hydrogens (tertiary/aromatic N) is 3. The van der Waals surface area contributed by atoms with Crippen LogP contribution in [0.5, 0.6) is 0 Å². The van der Waals surface area contributed by atoms with E-state index in [1.165, 1.54) is 0 Å². The summed E-state index contributed by atoms with van der Waals surface area (Å²) in [7, 11) is 4.02. The first-order valence-electron chi connectivity index (χ1n) is 7.40. The SMILES string of the molecule is Cc1cc(NCCN(C)C)nc(NC(=O)Nc2ccccc2)n1. The van der Waals surface area contributed by atoms with Crippen molar-refractivity contribution in [1.82, 2.24) is 14.9 Å². The molecular formula is C16H22N6O. The van der Waals surface area contributed by atoms with Crippen molar-refractivity contribution < 1.29 is 4.79 Å². The third kappa shape index (κ3) is 5.91. The van der Waals surface area contributed by atoms with Crippen LogP contribution < -0.4 is 16.0 Å². The topological polar surface area (TPSA) is 82.2 Å². The molecule has 0 bridgehead atoms. The molecule has 0 saturated carbocycles. The Morgan fingerprint density at radius 3 is 2.57 bits per heavy atom. The van der Waals surface area contributed by atoms with Crippen LogP contribution in [0.4, 0.5) is 22.2 Å². The number of rotatable bonds is 6. The highest BCUT2D eigenvalue weighted by Gasteiger charge is 2.07. The van der Waals surface area contributed by atoms with Crippen LogP contribution in [0.25, 0.3) is 0 Å². The van der Waals surface area contributed by atoms with E-state index in [0.29, 0.717) is 11.5 Å². The summed E-state index contributed by atoms with van der Waals surface area (Å²) in [6.07, 6.45) is 0. The Hall–Kier alpha value is -2.67. The van der Waals surface area contributed by atoms with Crippen molar-refractivity contribution >= 4 is 23.5 Å². The van der Waals surface area contributed by atoms with Crippen LogP contribution >= 0.6 is 0 Å². The van der Waals surface area contributed by atoms with E-state index in [0.717, 1.165) is 18.8 Å². The molecule has 0 atom stereocenters. The van der Waals surface area contributed by atoms with E-state index in [9.17, 15) is 4.79 Å². The minimum Gasteiger partial charge on any atom is -0.369 e. The van der Waals surface area contributed by atoms with E-state index >= 15 is 0 Å². The Bertz CT molecular complexity index is 644. The van der Waals surface area contributed by atoms with Gasteiger partial charge in [0.05, 0.1) is 0 Å². The van der Waals surface area contributed by atoms with Crippen LogP contribution in [0.15, 0.2) is 36.4 Å². The highest BCUT2D eigenvalue weighted by Crippen LogP contribution is 2.10. The van der Waals surface area contributed by atoms with E-state index in [1.807, 2.05) is 57.4 Å². The lowest BCUT2D eigenvalue weighted by atomic mass is 10.3. The van der Waals surface area contributed by atoms with E-state index in [-0.39, 0.29) is 12.0 Å². The number of nitrogens with one attached hydrogen (secondary N) is 3. The standard InChI is InChI=1S/C16H22N6O/c1-12-11-14(17-9-10-22(2)3)20-15(18-12)21-16(23)19-13-7-5-4-6-8-13/h4-8,11H,9-10H2,1-3H3,(H3,17,18,19,20,21,23). The number of hydrogen-bond donors (Lipinski definition) is 3. The monoisotopic (exact) mass is 314 g/mol. The molecule has 2 amide bonds. The number of amides is 2. The fraction of sp³-hybridized carbons (Fsp3) is 0.312. The number of aromatic nitrogens is 2. The molecule has 0 aliphatic carbocycles. The van der Waals surface area contributed by atoms with Crippen molar-refractivity contribution in [1.29, 1.82) is 0 Å². The summed E-state index contributed by atoms with van der Waals surface area (Å²) < 4.78 is 0. The average Bonchev–Trinajstić information content (AvgIpc) is 2.47. The Balaban J connectivity index is 1.96. The van der Waals surface area contributed by atoms with Crippen LogP contribution in [0.1, 0.15) is 5.69 Å². The molecule has 2 rings (SSSR count). The summed E-state index contributed by atoms with van der Waals surface area (Å²) in [6, 6.07) is 10.7. The molecule has 0 radical (unpaired) electrons. The van der Waals surface area contributed by atoms with Gasteiger partial charge in [0.1, 0.15) is 5.82 Å². The second kappa shape index (κ2) is 8.09. The van der Waals surface area contributed by atoms with Gasteiger partial charge in [0.25, 0.3) is 0 Å². The van der Waals surface area contributed by atoms with Gasteiger partial charge < -0.3 is 15.5 Å². The van der Waals surface area contributed by atoms with Gasteiger partial charge in [0.15, 0.2) is 0 Å². The second-order valence-corrected chi connectivity index (χ2v) is 5.39. The normalized spacial score (nSPS) is 10.4. The lowest BCUT2D eigenvalue weighted by Gasteiger charge is -2.12. The van der Waals surface area contributed by atoms with Gasteiger partial charge in [0, 0.05) is 30.5 Å². The Labute approximate surface area is 136 Å². The zero-order chi connectivity index (χ0) is 16.7. The number of para-hydroxylation sites is 1. The van der Waals surface area contributed by atoms with Crippen LogP contribution in [-0.4, -0.2) is 48.1 Å². The van der Waals surface area contributed by atoms with E-state index in [2.05, 4.69) is 30.8 Å². The molecule has 0 saturated heterocycles. The maximum atomic E-state index is 12.0. The highest BCUT2D eigenvalue weighted by atomic mass is 16.2. The Kier molecular flexibility index (Phi) is 5.87. The smallest absolute Gasteiger partial charge is 0.326 e. The van der Waals surface area contributed by atoms with Crippen LogP contribution in [0.3, 0.4) is 0 Å². The minimum absolute atomic E-state index is 0.269. The van der Waals surface area contributed by atoms with Gasteiger partial charge in [-0.05, 0) is 33.2 Å². The van der Waals surface area contributed by atoms with E-state index < -0.39 is 0 Å². The second-order valence-electron chi connectivity index (χ2n) is 5.39. The molecule has 7 heteroatoms. The van der Waals surface area contributed by atoms with Crippen LogP contribution in [0.2, 0.25) is 0 Å². The van der Waals surface area contributed by atoms with Crippen molar-refractivity contribution in [2.75, 3.05) is 43.1 Å². The van der Waals surface area contributed by atoms with Gasteiger partial charge in [-0.1, -0.05) is 18.2 Å². The van der Waals surface area contributed by atoms with Gasteiger partial charge in [-0.2, -0.15) is 4.98 Å². The molecule has 2 aromatic rings. The van der Waals surface area contributed by atoms with E-state index in [1.54, 1.807) is 0 Å². The van der Waals surface area contributed by atoms with Gasteiger partial charge >= 0.3 is 6.03 Å². The number of urea groups is 1. The molecule has 0 aliphatic rings. The lowest BCUT2D eigenvalue weighted by Crippen LogP contribution is -2.23. The summed E-state index contributed by atoms with van der Waals surface area (Å²) in [5.41, 5.74) is 1.49. The zero-order valence-electron chi connectivity index (χ0n) is 13.6.